The number of aromatic nitrogens is 1. The molecule has 1 amide bonds. The molecule has 6 nitrogen and oxygen atoms in total. The molecular weight excluding hydrogens is 354 g/mol. The van der Waals surface area contributed by atoms with E-state index >= 15 is 0 Å². The summed E-state index contributed by atoms with van der Waals surface area (Å²) in [5.41, 5.74) is 4.55. The summed E-state index contributed by atoms with van der Waals surface area (Å²) in [7, 11) is 0. The van der Waals surface area contributed by atoms with Gasteiger partial charge in [-0.15, -0.1) is 0 Å². The van der Waals surface area contributed by atoms with E-state index in [4.69, 9.17) is 9.47 Å². The third-order valence-corrected chi connectivity index (χ3v) is 3.91. The topological polar surface area (TPSA) is 72.8 Å². The standard InChI is InChI=1S/C22H21N3O3/c1-17(18-11-13-23-14-12-18)24-25-22(26)20-9-5-6-10-21(20)28-16-15-27-19-7-3-2-4-8-19/h2-14H,15-16H2,1H3,(H,25,26)/b24-17-. The average molecular weight is 375 g/mol. The van der Waals surface area contributed by atoms with Crippen LogP contribution in [0.5, 0.6) is 11.5 Å². The maximum atomic E-state index is 12.5. The molecule has 1 N–H and O–H groups in total. The van der Waals surface area contributed by atoms with Gasteiger partial charge in [-0.1, -0.05) is 30.3 Å². The van der Waals surface area contributed by atoms with Gasteiger partial charge in [0.1, 0.15) is 24.7 Å². The van der Waals surface area contributed by atoms with Gasteiger partial charge >= 0.3 is 0 Å². The molecule has 3 aromatic rings. The molecule has 28 heavy (non-hydrogen) atoms. The molecule has 1 aromatic heterocycles. The van der Waals surface area contributed by atoms with Gasteiger partial charge in [0.2, 0.25) is 0 Å². The van der Waals surface area contributed by atoms with Crippen molar-refractivity contribution in [3.63, 3.8) is 0 Å². The summed E-state index contributed by atoms with van der Waals surface area (Å²) in [6.07, 6.45) is 3.35. The number of benzene rings is 2. The van der Waals surface area contributed by atoms with Crippen LogP contribution in [0.1, 0.15) is 22.8 Å². The molecule has 0 radical (unpaired) electrons. The second kappa shape index (κ2) is 9.87. The van der Waals surface area contributed by atoms with Crippen molar-refractivity contribution < 1.29 is 14.3 Å². The van der Waals surface area contributed by atoms with Crippen LogP contribution < -0.4 is 14.9 Å². The fraction of sp³-hybridized carbons (Fsp3) is 0.136. The van der Waals surface area contributed by atoms with Crippen LogP contribution in [0.3, 0.4) is 0 Å². The van der Waals surface area contributed by atoms with Crippen molar-refractivity contribution in [1.29, 1.82) is 0 Å². The summed E-state index contributed by atoms with van der Waals surface area (Å²) >= 11 is 0. The van der Waals surface area contributed by atoms with Crippen molar-refractivity contribution in [2.45, 2.75) is 6.92 Å². The Labute approximate surface area is 163 Å². The summed E-state index contributed by atoms with van der Waals surface area (Å²) in [4.78, 5) is 16.5. The van der Waals surface area contributed by atoms with E-state index in [2.05, 4.69) is 15.5 Å². The number of ether oxygens (including phenoxy) is 2. The predicted molar refractivity (Wildman–Crippen MR) is 108 cm³/mol. The Balaban J connectivity index is 1.57. The van der Waals surface area contributed by atoms with Crippen LogP contribution in [0.4, 0.5) is 0 Å². The van der Waals surface area contributed by atoms with Crippen LogP contribution >= 0.6 is 0 Å². The number of amides is 1. The Kier molecular flexibility index (Phi) is 6.73. The van der Waals surface area contributed by atoms with Gasteiger partial charge in [-0.3, -0.25) is 9.78 Å². The molecule has 0 aliphatic heterocycles. The zero-order valence-corrected chi connectivity index (χ0v) is 15.5. The molecule has 1 heterocycles. The van der Waals surface area contributed by atoms with Gasteiger partial charge in [0, 0.05) is 18.0 Å². The summed E-state index contributed by atoms with van der Waals surface area (Å²) in [5.74, 6) is 0.916. The summed E-state index contributed by atoms with van der Waals surface area (Å²) < 4.78 is 11.3. The van der Waals surface area contributed by atoms with Gasteiger partial charge in [0.15, 0.2) is 0 Å². The Morgan fingerprint density at radius 2 is 1.61 bits per heavy atom. The van der Waals surface area contributed by atoms with E-state index in [0.29, 0.717) is 30.2 Å². The lowest BCUT2D eigenvalue weighted by Crippen LogP contribution is -2.21. The molecule has 0 aliphatic carbocycles. The van der Waals surface area contributed by atoms with E-state index in [1.165, 1.54) is 0 Å². The quantitative estimate of drug-likeness (QED) is 0.370. The number of nitrogens with one attached hydrogen (secondary N) is 1. The van der Waals surface area contributed by atoms with Crippen molar-refractivity contribution in [2.75, 3.05) is 13.2 Å². The zero-order valence-electron chi connectivity index (χ0n) is 15.5. The van der Waals surface area contributed by atoms with Crippen molar-refractivity contribution in [2.24, 2.45) is 5.10 Å². The largest absolute Gasteiger partial charge is 0.490 e. The SMILES string of the molecule is C/C(=N/NC(=O)c1ccccc1OCCOc1ccccc1)c1ccncc1. The Hall–Kier alpha value is -3.67. The van der Waals surface area contributed by atoms with Crippen molar-refractivity contribution in [3.05, 3.63) is 90.3 Å². The Morgan fingerprint density at radius 1 is 0.929 bits per heavy atom. The lowest BCUT2D eigenvalue weighted by Gasteiger charge is -2.11. The second-order valence-electron chi connectivity index (χ2n) is 5.88. The maximum absolute atomic E-state index is 12.5. The minimum Gasteiger partial charge on any atom is -0.490 e. The highest BCUT2D eigenvalue weighted by Gasteiger charge is 2.12. The van der Waals surface area contributed by atoms with E-state index in [1.807, 2.05) is 55.5 Å². The normalized spacial score (nSPS) is 11.0. The van der Waals surface area contributed by atoms with Crippen LogP contribution in [0, 0.1) is 0 Å². The number of carbonyl (C=O) groups is 1. The molecule has 0 bridgehead atoms. The predicted octanol–water partition coefficient (Wildman–Crippen LogP) is 3.69. The highest BCUT2D eigenvalue weighted by molar-refractivity contribution is 6.01. The molecule has 0 aliphatic rings. The lowest BCUT2D eigenvalue weighted by molar-refractivity contribution is 0.0949. The summed E-state index contributed by atoms with van der Waals surface area (Å²) in [5, 5.41) is 4.16. The molecular formula is C22H21N3O3. The highest BCUT2D eigenvalue weighted by Crippen LogP contribution is 2.18. The molecule has 0 unspecified atom stereocenters. The molecule has 6 heteroatoms. The minimum atomic E-state index is -0.340. The minimum absolute atomic E-state index is 0.318. The van der Waals surface area contributed by atoms with E-state index in [1.54, 1.807) is 30.6 Å². The van der Waals surface area contributed by atoms with Crippen LogP contribution in [-0.2, 0) is 0 Å². The van der Waals surface area contributed by atoms with Gasteiger partial charge in [-0.2, -0.15) is 5.10 Å². The van der Waals surface area contributed by atoms with Gasteiger partial charge in [0.25, 0.3) is 5.91 Å². The van der Waals surface area contributed by atoms with Crippen LogP contribution in [0.2, 0.25) is 0 Å². The molecule has 0 atom stereocenters. The Bertz CT molecular complexity index is 928. The van der Waals surface area contributed by atoms with E-state index in [-0.39, 0.29) is 5.91 Å². The third kappa shape index (κ3) is 5.41. The maximum Gasteiger partial charge on any atom is 0.275 e. The number of rotatable bonds is 8. The summed E-state index contributed by atoms with van der Waals surface area (Å²) in [6.45, 7) is 2.51. The van der Waals surface area contributed by atoms with Gasteiger partial charge < -0.3 is 9.47 Å². The van der Waals surface area contributed by atoms with Gasteiger partial charge in [0.05, 0.1) is 11.3 Å². The third-order valence-electron chi connectivity index (χ3n) is 3.91. The molecule has 0 fully saturated rings. The smallest absolute Gasteiger partial charge is 0.275 e. The zero-order chi connectivity index (χ0) is 19.6. The van der Waals surface area contributed by atoms with Crippen molar-refractivity contribution in [3.8, 4) is 11.5 Å². The molecule has 0 saturated carbocycles. The lowest BCUT2D eigenvalue weighted by atomic mass is 10.2. The van der Waals surface area contributed by atoms with Crippen molar-refractivity contribution >= 4 is 11.6 Å². The van der Waals surface area contributed by atoms with E-state index in [9.17, 15) is 4.79 Å². The number of nitrogens with zero attached hydrogens (tertiary/aromatic N) is 2. The first-order chi connectivity index (χ1) is 13.7. The second-order valence-corrected chi connectivity index (χ2v) is 5.88. The van der Waals surface area contributed by atoms with Crippen molar-refractivity contribution in [1.82, 2.24) is 10.4 Å². The number of carbonyl (C=O) groups excluding carboxylic acids is 1. The van der Waals surface area contributed by atoms with E-state index < -0.39 is 0 Å². The number of hydrogen-bond donors (Lipinski definition) is 1. The van der Waals surface area contributed by atoms with Gasteiger partial charge in [-0.05, 0) is 43.3 Å². The van der Waals surface area contributed by atoms with Crippen LogP contribution in [0.25, 0.3) is 0 Å². The monoisotopic (exact) mass is 375 g/mol. The molecule has 0 saturated heterocycles. The van der Waals surface area contributed by atoms with Crippen LogP contribution in [-0.4, -0.2) is 29.8 Å². The first-order valence-electron chi connectivity index (χ1n) is 8.89. The molecule has 3 rings (SSSR count). The first kappa shape index (κ1) is 19.1. The number of hydrogen-bond acceptors (Lipinski definition) is 5. The van der Waals surface area contributed by atoms with Gasteiger partial charge in [-0.25, -0.2) is 5.43 Å². The molecule has 2 aromatic carbocycles. The molecule has 0 spiro atoms. The fourth-order valence-electron chi connectivity index (χ4n) is 2.46. The Morgan fingerprint density at radius 3 is 2.39 bits per heavy atom. The number of para-hydroxylation sites is 2. The first-order valence-corrected chi connectivity index (χ1v) is 8.89. The molecule has 142 valence electrons. The number of hydrazone groups is 1. The summed E-state index contributed by atoms with van der Waals surface area (Å²) in [6, 6.07) is 20.2. The number of pyridine rings is 1. The van der Waals surface area contributed by atoms with Crippen LogP contribution in [0.15, 0.2) is 84.2 Å². The fourth-order valence-corrected chi connectivity index (χ4v) is 2.46. The highest BCUT2D eigenvalue weighted by atomic mass is 16.5. The average Bonchev–Trinajstić information content (AvgIpc) is 2.76. The van der Waals surface area contributed by atoms with E-state index in [0.717, 1.165) is 11.3 Å².